The first-order valence-electron chi connectivity index (χ1n) is 7.89. The molecule has 0 bridgehead atoms. The van der Waals surface area contributed by atoms with E-state index in [9.17, 15) is 14.4 Å². The van der Waals surface area contributed by atoms with Crippen molar-refractivity contribution < 1.29 is 14.3 Å². The van der Waals surface area contributed by atoms with Gasteiger partial charge in [0.15, 0.2) is 0 Å². The zero-order valence-corrected chi connectivity index (χ0v) is 15.6. The number of anilines is 1. The summed E-state index contributed by atoms with van der Waals surface area (Å²) < 4.78 is 6.94. The van der Waals surface area contributed by atoms with Crippen LogP contribution in [0.1, 0.15) is 22.7 Å². The van der Waals surface area contributed by atoms with Gasteiger partial charge >= 0.3 is 11.7 Å². The summed E-state index contributed by atoms with van der Waals surface area (Å²) in [6.45, 7) is 1.63. The molecule has 2 atom stereocenters. The third-order valence-electron chi connectivity index (χ3n) is 3.54. The number of thioether (sulfide) groups is 2. The minimum atomic E-state index is -0.420. The Balaban J connectivity index is 1.56. The van der Waals surface area contributed by atoms with Crippen LogP contribution in [0.25, 0.3) is 0 Å². The summed E-state index contributed by atoms with van der Waals surface area (Å²) in [4.78, 5) is 39.0. The maximum atomic E-state index is 12.2. The Morgan fingerprint density at radius 3 is 2.77 bits per heavy atom. The van der Waals surface area contributed by atoms with Crippen LogP contribution in [-0.2, 0) is 9.53 Å². The summed E-state index contributed by atoms with van der Waals surface area (Å²) >= 11 is 3.19. The van der Waals surface area contributed by atoms with Gasteiger partial charge < -0.3 is 10.1 Å². The molecule has 1 aliphatic rings. The first-order chi connectivity index (χ1) is 12.5. The molecular formula is C17H17N3O4S2. The van der Waals surface area contributed by atoms with Gasteiger partial charge in [-0.25, -0.2) is 9.59 Å². The zero-order chi connectivity index (χ0) is 18.5. The van der Waals surface area contributed by atoms with E-state index in [-0.39, 0.29) is 34.3 Å². The molecule has 1 aromatic heterocycles. The molecule has 9 heteroatoms. The second kappa shape index (κ2) is 8.41. The third-order valence-corrected chi connectivity index (χ3v) is 6.65. The van der Waals surface area contributed by atoms with Gasteiger partial charge in [0, 0.05) is 18.9 Å². The fraction of sp³-hybridized carbons (Fsp3) is 0.294. The van der Waals surface area contributed by atoms with Crippen molar-refractivity contribution in [1.29, 1.82) is 0 Å². The highest BCUT2D eigenvalue weighted by Crippen LogP contribution is 2.43. The number of aromatic nitrogens is 2. The van der Waals surface area contributed by atoms with E-state index in [1.165, 1.54) is 11.5 Å². The van der Waals surface area contributed by atoms with Gasteiger partial charge in [-0.05, 0) is 18.2 Å². The average molecular weight is 391 g/mol. The molecule has 1 saturated heterocycles. The first-order valence-corrected chi connectivity index (χ1v) is 9.88. The largest absolute Gasteiger partial charge is 0.460 e. The van der Waals surface area contributed by atoms with E-state index in [4.69, 9.17) is 4.74 Å². The Hall–Kier alpha value is -2.26. The van der Waals surface area contributed by atoms with Crippen molar-refractivity contribution in [3.63, 3.8) is 0 Å². The molecule has 0 aliphatic carbocycles. The van der Waals surface area contributed by atoms with E-state index in [0.717, 1.165) is 0 Å². The van der Waals surface area contributed by atoms with Crippen molar-refractivity contribution in [2.45, 2.75) is 16.9 Å². The highest BCUT2D eigenvalue weighted by atomic mass is 32.2. The van der Waals surface area contributed by atoms with Crippen LogP contribution in [0.4, 0.5) is 5.82 Å². The number of hydrogen-bond acceptors (Lipinski definition) is 7. The molecule has 1 aliphatic heterocycles. The standard InChI is InChI=1S/C17H17N3O4S2/c1-11(21)18-13-7-8-20(17(23)19-13)14-10-25-15(26-14)9-24-16(22)12-5-3-2-4-6-12/h2-8,14-15H,9-10H2,1H3,(H,18,19,21,23)/t14-,15+/m0/s1. The minimum absolute atomic E-state index is 0.0505. The van der Waals surface area contributed by atoms with Crippen LogP contribution < -0.4 is 11.0 Å². The molecule has 26 heavy (non-hydrogen) atoms. The van der Waals surface area contributed by atoms with Crippen molar-refractivity contribution in [3.05, 3.63) is 58.6 Å². The quantitative estimate of drug-likeness (QED) is 0.783. The van der Waals surface area contributed by atoms with Crippen LogP contribution in [0.5, 0.6) is 0 Å². The van der Waals surface area contributed by atoms with Gasteiger partial charge in [-0.15, -0.1) is 23.5 Å². The molecule has 1 aromatic carbocycles. The van der Waals surface area contributed by atoms with Crippen LogP contribution in [-0.4, -0.2) is 38.4 Å². The van der Waals surface area contributed by atoms with Crippen molar-refractivity contribution in [3.8, 4) is 0 Å². The molecule has 2 heterocycles. The number of benzene rings is 1. The minimum Gasteiger partial charge on any atom is -0.460 e. The van der Waals surface area contributed by atoms with Crippen LogP contribution in [0, 0.1) is 0 Å². The second-order valence-corrected chi connectivity index (χ2v) is 8.42. The maximum absolute atomic E-state index is 12.2. The highest BCUT2D eigenvalue weighted by molar-refractivity contribution is 8.20. The molecule has 3 rings (SSSR count). The average Bonchev–Trinajstić information content (AvgIpc) is 3.08. The number of rotatable bonds is 5. The highest BCUT2D eigenvalue weighted by Gasteiger charge is 2.29. The normalized spacial score (nSPS) is 19.1. The van der Waals surface area contributed by atoms with Crippen molar-refractivity contribution in [2.75, 3.05) is 17.7 Å². The van der Waals surface area contributed by atoms with E-state index in [2.05, 4.69) is 10.3 Å². The van der Waals surface area contributed by atoms with E-state index in [0.29, 0.717) is 11.3 Å². The number of esters is 1. The molecule has 0 unspecified atom stereocenters. The number of carbonyl (C=O) groups is 2. The van der Waals surface area contributed by atoms with Crippen molar-refractivity contribution in [2.24, 2.45) is 0 Å². The molecule has 1 N–H and O–H groups in total. The Bertz CT molecular complexity index is 857. The van der Waals surface area contributed by atoms with E-state index in [1.54, 1.807) is 60.1 Å². The fourth-order valence-corrected chi connectivity index (χ4v) is 5.34. The summed E-state index contributed by atoms with van der Waals surface area (Å²) in [7, 11) is 0. The van der Waals surface area contributed by atoms with Gasteiger partial charge in [0.25, 0.3) is 0 Å². The first kappa shape index (κ1) is 18.5. The number of hydrogen-bond donors (Lipinski definition) is 1. The van der Waals surface area contributed by atoms with Crippen molar-refractivity contribution in [1.82, 2.24) is 9.55 Å². The molecule has 136 valence electrons. The molecule has 7 nitrogen and oxygen atoms in total. The maximum Gasteiger partial charge on any atom is 0.350 e. The predicted molar refractivity (Wildman–Crippen MR) is 102 cm³/mol. The zero-order valence-electron chi connectivity index (χ0n) is 14.0. The molecule has 1 amide bonds. The molecular weight excluding hydrogens is 374 g/mol. The smallest absolute Gasteiger partial charge is 0.350 e. The van der Waals surface area contributed by atoms with E-state index in [1.807, 2.05) is 6.07 Å². The third kappa shape index (κ3) is 4.67. The van der Waals surface area contributed by atoms with Gasteiger partial charge in [0.05, 0.1) is 15.5 Å². The summed E-state index contributed by atoms with van der Waals surface area (Å²) in [6, 6.07) is 10.4. The molecule has 0 spiro atoms. The van der Waals surface area contributed by atoms with Gasteiger partial charge in [-0.3, -0.25) is 9.36 Å². The van der Waals surface area contributed by atoms with Crippen LogP contribution >= 0.6 is 23.5 Å². The lowest BCUT2D eigenvalue weighted by molar-refractivity contribution is -0.114. The van der Waals surface area contributed by atoms with E-state index < -0.39 is 5.69 Å². The number of ether oxygens (including phenoxy) is 1. The van der Waals surface area contributed by atoms with E-state index >= 15 is 0 Å². The SMILES string of the molecule is CC(=O)Nc1ccn([C@@H]2CS[C@@H](COC(=O)c3ccccc3)S2)c(=O)n1. The summed E-state index contributed by atoms with van der Waals surface area (Å²) in [5.74, 6) is 0.316. The second-order valence-electron chi connectivity index (χ2n) is 5.50. The molecule has 0 saturated carbocycles. The summed E-state index contributed by atoms with van der Waals surface area (Å²) in [5, 5.41) is 2.40. The molecule has 2 aromatic rings. The number of amides is 1. The lowest BCUT2D eigenvalue weighted by atomic mass is 10.2. The monoisotopic (exact) mass is 391 g/mol. The Morgan fingerprint density at radius 2 is 2.08 bits per heavy atom. The summed E-state index contributed by atoms with van der Waals surface area (Å²) in [5.41, 5.74) is 0.0994. The van der Waals surface area contributed by atoms with Gasteiger partial charge in [-0.1, -0.05) is 18.2 Å². The summed E-state index contributed by atoms with van der Waals surface area (Å²) in [6.07, 6.45) is 1.62. The molecule has 0 radical (unpaired) electrons. The number of carbonyl (C=O) groups excluding carboxylic acids is 2. The van der Waals surface area contributed by atoms with Gasteiger partial charge in [0.1, 0.15) is 12.4 Å². The Labute approximate surface area is 158 Å². The Kier molecular flexibility index (Phi) is 6.00. The van der Waals surface area contributed by atoms with Crippen LogP contribution in [0.3, 0.4) is 0 Å². The molecule has 1 fully saturated rings. The fourth-order valence-electron chi connectivity index (χ4n) is 2.36. The number of nitrogens with zero attached hydrogens (tertiary/aromatic N) is 2. The lowest BCUT2D eigenvalue weighted by Crippen LogP contribution is -2.26. The Morgan fingerprint density at radius 1 is 1.31 bits per heavy atom. The topological polar surface area (TPSA) is 90.3 Å². The predicted octanol–water partition coefficient (Wildman–Crippen LogP) is 2.36. The van der Waals surface area contributed by atoms with Gasteiger partial charge in [0.2, 0.25) is 5.91 Å². The van der Waals surface area contributed by atoms with Crippen molar-refractivity contribution >= 4 is 41.2 Å². The van der Waals surface area contributed by atoms with Gasteiger partial charge in [-0.2, -0.15) is 4.98 Å². The van der Waals surface area contributed by atoms with Crippen LogP contribution in [0.2, 0.25) is 0 Å². The lowest BCUT2D eigenvalue weighted by Gasteiger charge is -2.13. The number of nitrogens with one attached hydrogen (secondary N) is 1. The van der Waals surface area contributed by atoms with Crippen LogP contribution in [0.15, 0.2) is 47.4 Å².